The number of hydrogen-bond acceptors (Lipinski definition) is 5. The van der Waals surface area contributed by atoms with Gasteiger partial charge in [0.25, 0.3) is 0 Å². The highest BCUT2D eigenvalue weighted by molar-refractivity contribution is 7.99. The van der Waals surface area contributed by atoms with Crippen LogP contribution in [0.25, 0.3) is 0 Å². The fourth-order valence-electron chi connectivity index (χ4n) is 2.39. The van der Waals surface area contributed by atoms with Crippen LogP contribution in [0.1, 0.15) is 38.6 Å². The molecular weight excluding hydrogens is 324 g/mol. The second-order valence-electron chi connectivity index (χ2n) is 5.79. The van der Waals surface area contributed by atoms with Crippen LogP contribution in [0.2, 0.25) is 0 Å². The number of nitrogens with zero attached hydrogens (tertiary/aromatic N) is 3. The maximum Gasteiger partial charge on any atom is 0.230 e. The van der Waals surface area contributed by atoms with Gasteiger partial charge in [-0.25, -0.2) is 0 Å². The van der Waals surface area contributed by atoms with Gasteiger partial charge >= 0.3 is 0 Å². The Bertz CT molecular complexity index is 685. The maximum absolute atomic E-state index is 11.8. The van der Waals surface area contributed by atoms with Gasteiger partial charge in [0.1, 0.15) is 5.75 Å². The number of carbonyl (C=O) groups excluding carboxylic acids is 1. The number of thioether (sulfide) groups is 1. The lowest BCUT2D eigenvalue weighted by Crippen LogP contribution is -2.27. The van der Waals surface area contributed by atoms with Gasteiger partial charge in [0, 0.05) is 12.6 Å². The van der Waals surface area contributed by atoms with Crippen LogP contribution in [0.5, 0.6) is 5.75 Å². The van der Waals surface area contributed by atoms with E-state index in [4.69, 9.17) is 4.74 Å². The molecule has 1 aromatic carbocycles. The molecule has 0 aliphatic heterocycles. The van der Waals surface area contributed by atoms with Gasteiger partial charge in [-0.05, 0) is 38.8 Å². The van der Waals surface area contributed by atoms with Crippen molar-refractivity contribution >= 4 is 17.7 Å². The van der Waals surface area contributed by atoms with Crippen LogP contribution in [0.15, 0.2) is 35.5 Å². The third-order valence-electron chi connectivity index (χ3n) is 3.76. The summed E-state index contributed by atoms with van der Waals surface area (Å²) in [5.41, 5.74) is 0. The minimum atomic E-state index is -0.213. The lowest BCUT2D eigenvalue weighted by Gasteiger charge is -2.15. The molecule has 1 saturated carbocycles. The van der Waals surface area contributed by atoms with Crippen molar-refractivity contribution in [2.24, 2.45) is 0 Å². The molecular formula is C17H22N4O2S. The minimum Gasteiger partial charge on any atom is -0.483 e. The molecule has 0 bridgehead atoms. The van der Waals surface area contributed by atoms with E-state index in [9.17, 15) is 4.79 Å². The van der Waals surface area contributed by atoms with Crippen molar-refractivity contribution in [1.29, 1.82) is 0 Å². The first kappa shape index (κ1) is 16.8. The molecule has 6 nitrogen and oxygen atoms in total. The standard InChI is InChI=1S/C17H22N4O2S/c1-3-21-16(12(2)23-14-7-5-4-6-8-14)19-20-17(21)24-11-15(22)18-13-9-10-13/h4-8,12-13H,3,9-11H2,1-2H3,(H,18,22)/t12-/m1/s1. The van der Waals surface area contributed by atoms with E-state index in [1.807, 2.05) is 48.7 Å². The minimum absolute atomic E-state index is 0.0586. The molecule has 1 aliphatic rings. The number of para-hydroxylation sites is 1. The summed E-state index contributed by atoms with van der Waals surface area (Å²) in [6.07, 6.45) is 1.98. The second kappa shape index (κ2) is 7.70. The van der Waals surface area contributed by atoms with Crippen LogP contribution in [0.4, 0.5) is 0 Å². The molecule has 1 atom stereocenters. The Morgan fingerprint density at radius 1 is 1.38 bits per heavy atom. The molecule has 0 saturated heterocycles. The highest BCUT2D eigenvalue weighted by atomic mass is 32.2. The van der Waals surface area contributed by atoms with Gasteiger partial charge in [-0.3, -0.25) is 4.79 Å². The zero-order chi connectivity index (χ0) is 16.9. The van der Waals surface area contributed by atoms with E-state index < -0.39 is 0 Å². The molecule has 3 rings (SSSR count). The molecule has 1 heterocycles. The summed E-state index contributed by atoms with van der Waals surface area (Å²) in [4.78, 5) is 11.8. The first-order valence-corrected chi connectivity index (χ1v) is 9.23. The van der Waals surface area contributed by atoms with E-state index in [0.717, 1.165) is 36.1 Å². The SMILES string of the molecule is CCn1c(SCC(=O)NC2CC2)nnc1[C@@H](C)Oc1ccccc1. The van der Waals surface area contributed by atoms with Crippen LogP contribution >= 0.6 is 11.8 Å². The molecule has 0 spiro atoms. The Kier molecular flexibility index (Phi) is 5.40. The van der Waals surface area contributed by atoms with Gasteiger partial charge in [0.2, 0.25) is 5.91 Å². The van der Waals surface area contributed by atoms with Gasteiger partial charge in [-0.2, -0.15) is 0 Å². The largest absolute Gasteiger partial charge is 0.483 e. The Balaban J connectivity index is 1.63. The monoisotopic (exact) mass is 346 g/mol. The van der Waals surface area contributed by atoms with Crippen molar-refractivity contribution < 1.29 is 9.53 Å². The molecule has 1 aliphatic carbocycles. The topological polar surface area (TPSA) is 69.0 Å². The quantitative estimate of drug-likeness (QED) is 0.744. The fraction of sp³-hybridized carbons (Fsp3) is 0.471. The van der Waals surface area contributed by atoms with E-state index in [1.165, 1.54) is 11.8 Å². The Hall–Kier alpha value is -2.02. The number of amides is 1. The Morgan fingerprint density at radius 3 is 2.79 bits per heavy atom. The number of nitrogens with one attached hydrogen (secondary N) is 1. The number of rotatable bonds is 8. The third-order valence-corrected chi connectivity index (χ3v) is 4.72. The van der Waals surface area contributed by atoms with Crippen LogP contribution in [0, 0.1) is 0 Å². The fourth-order valence-corrected chi connectivity index (χ4v) is 3.21. The molecule has 1 aromatic heterocycles. The molecule has 1 fully saturated rings. The summed E-state index contributed by atoms with van der Waals surface area (Å²) in [6.45, 7) is 4.73. The van der Waals surface area contributed by atoms with Crippen LogP contribution in [-0.2, 0) is 11.3 Å². The summed E-state index contributed by atoms with van der Waals surface area (Å²) in [5.74, 6) is 1.99. The Labute approximate surface area is 146 Å². The average Bonchev–Trinajstić information content (AvgIpc) is 3.29. The number of carbonyl (C=O) groups is 1. The zero-order valence-electron chi connectivity index (χ0n) is 13.9. The van der Waals surface area contributed by atoms with Crippen molar-refractivity contribution in [3.8, 4) is 5.75 Å². The van der Waals surface area contributed by atoms with E-state index >= 15 is 0 Å². The Morgan fingerprint density at radius 2 is 2.12 bits per heavy atom. The summed E-state index contributed by atoms with van der Waals surface area (Å²) in [6, 6.07) is 10.0. The number of benzene rings is 1. The van der Waals surface area contributed by atoms with Gasteiger partial charge in [-0.1, -0.05) is 30.0 Å². The maximum atomic E-state index is 11.8. The smallest absolute Gasteiger partial charge is 0.230 e. The first-order chi connectivity index (χ1) is 11.7. The third kappa shape index (κ3) is 4.29. The predicted octanol–water partition coefficient (Wildman–Crippen LogP) is 2.81. The van der Waals surface area contributed by atoms with E-state index in [2.05, 4.69) is 15.5 Å². The normalized spacial score (nSPS) is 15.1. The van der Waals surface area contributed by atoms with Crippen molar-refractivity contribution in [2.45, 2.75) is 50.5 Å². The number of ether oxygens (including phenoxy) is 1. The zero-order valence-corrected chi connectivity index (χ0v) is 14.8. The molecule has 7 heteroatoms. The second-order valence-corrected chi connectivity index (χ2v) is 6.73. The van der Waals surface area contributed by atoms with Gasteiger partial charge in [-0.15, -0.1) is 10.2 Å². The predicted molar refractivity (Wildman–Crippen MR) is 93.1 cm³/mol. The molecule has 1 amide bonds. The van der Waals surface area contributed by atoms with Crippen molar-refractivity contribution in [3.05, 3.63) is 36.2 Å². The molecule has 1 N–H and O–H groups in total. The van der Waals surface area contributed by atoms with Gasteiger partial charge < -0.3 is 14.6 Å². The van der Waals surface area contributed by atoms with Crippen LogP contribution in [0.3, 0.4) is 0 Å². The van der Waals surface area contributed by atoms with Crippen LogP contribution in [-0.4, -0.2) is 32.5 Å². The highest BCUT2D eigenvalue weighted by Crippen LogP contribution is 2.25. The average molecular weight is 346 g/mol. The number of aromatic nitrogens is 3. The van der Waals surface area contributed by atoms with Crippen molar-refractivity contribution in [2.75, 3.05) is 5.75 Å². The van der Waals surface area contributed by atoms with E-state index in [-0.39, 0.29) is 12.0 Å². The molecule has 0 radical (unpaired) electrons. The van der Waals surface area contributed by atoms with Crippen molar-refractivity contribution in [3.63, 3.8) is 0 Å². The highest BCUT2D eigenvalue weighted by Gasteiger charge is 2.24. The molecule has 24 heavy (non-hydrogen) atoms. The summed E-state index contributed by atoms with van der Waals surface area (Å²) >= 11 is 1.42. The van der Waals surface area contributed by atoms with E-state index in [1.54, 1.807) is 0 Å². The summed E-state index contributed by atoms with van der Waals surface area (Å²) < 4.78 is 7.93. The molecule has 2 aromatic rings. The first-order valence-electron chi connectivity index (χ1n) is 8.24. The molecule has 0 unspecified atom stereocenters. The van der Waals surface area contributed by atoms with Crippen molar-refractivity contribution in [1.82, 2.24) is 20.1 Å². The number of hydrogen-bond donors (Lipinski definition) is 1. The summed E-state index contributed by atoms with van der Waals surface area (Å²) in [5, 5.41) is 12.2. The lowest BCUT2D eigenvalue weighted by atomic mass is 10.3. The molecule has 128 valence electrons. The van der Waals surface area contributed by atoms with Crippen LogP contribution < -0.4 is 10.1 Å². The lowest BCUT2D eigenvalue weighted by molar-refractivity contribution is -0.118. The van der Waals surface area contributed by atoms with Gasteiger partial charge in [0.05, 0.1) is 5.75 Å². The summed E-state index contributed by atoms with van der Waals surface area (Å²) in [7, 11) is 0. The van der Waals surface area contributed by atoms with Gasteiger partial charge in [0.15, 0.2) is 17.1 Å². The van der Waals surface area contributed by atoms with E-state index in [0.29, 0.717) is 11.8 Å².